The number of rotatable bonds is 5. The van der Waals surface area contributed by atoms with E-state index in [1.54, 1.807) is 6.07 Å². The van der Waals surface area contributed by atoms with Gasteiger partial charge in [-0.2, -0.15) is 4.98 Å². The molecule has 0 aliphatic carbocycles. The van der Waals surface area contributed by atoms with Gasteiger partial charge in [0.1, 0.15) is 5.75 Å². The van der Waals surface area contributed by atoms with Crippen molar-refractivity contribution in [1.29, 1.82) is 5.41 Å². The van der Waals surface area contributed by atoms with Gasteiger partial charge in [0.05, 0.1) is 11.7 Å². The van der Waals surface area contributed by atoms with E-state index in [4.69, 9.17) is 14.9 Å². The van der Waals surface area contributed by atoms with Crippen molar-refractivity contribution in [1.82, 2.24) is 10.3 Å². The Morgan fingerprint density at radius 1 is 1.25 bits per heavy atom. The number of aryl methyl sites for hydroxylation is 1. The van der Waals surface area contributed by atoms with Crippen LogP contribution < -0.4 is 14.8 Å². The van der Waals surface area contributed by atoms with Crippen molar-refractivity contribution in [3.8, 4) is 17.5 Å². The Bertz CT molecular complexity index is 762. The predicted octanol–water partition coefficient (Wildman–Crippen LogP) is 3.56. The van der Waals surface area contributed by atoms with Gasteiger partial charge in [-0.15, -0.1) is 12.6 Å². The Kier molecular flexibility index (Phi) is 5.81. The molecule has 1 aromatic carbocycles. The summed E-state index contributed by atoms with van der Waals surface area (Å²) in [6.07, 6.45) is -0.106. The third-order valence-electron chi connectivity index (χ3n) is 2.84. The molecule has 0 bridgehead atoms. The number of carbonyl (C=O) groups is 1. The van der Waals surface area contributed by atoms with Crippen molar-refractivity contribution in [2.75, 3.05) is 0 Å². The molecular formula is C17H19N3O3S. The molecule has 24 heavy (non-hydrogen) atoms. The van der Waals surface area contributed by atoms with Crippen LogP contribution in [0.25, 0.3) is 0 Å². The topological polar surface area (TPSA) is 84.3 Å². The quantitative estimate of drug-likeness (QED) is 0.439. The molecule has 1 amide bonds. The molecule has 1 heterocycles. The van der Waals surface area contributed by atoms with Crippen LogP contribution in [0, 0.1) is 12.3 Å². The van der Waals surface area contributed by atoms with Gasteiger partial charge in [0, 0.05) is 12.1 Å². The minimum absolute atomic E-state index is 0.106. The molecule has 0 unspecified atom stereocenters. The maximum atomic E-state index is 12.1. The molecule has 6 nitrogen and oxygen atoms in total. The summed E-state index contributed by atoms with van der Waals surface area (Å²) in [6, 6.07) is 10.5. The maximum Gasteiger partial charge on any atom is 0.257 e. The lowest BCUT2D eigenvalue weighted by Gasteiger charge is -2.13. The largest absolute Gasteiger partial charge is 0.475 e. The van der Waals surface area contributed by atoms with Crippen LogP contribution in [-0.2, 0) is 0 Å². The van der Waals surface area contributed by atoms with Gasteiger partial charge in [-0.25, -0.2) is 0 Å². The van der Waals surface area contributed by atoms with Gasteiger partial charge in [0.15, 0.2) is 5.17 Å². The lowest BCUT2D eigenvalue weighted by atomic mass is 10.2. The molecule has 0 saturated carbocycles. The molecule has 2 N–H and O–H groups in total. The number of amidine groups is 1. The molecule has 7 heteroatoms. The summed E-state index contributed by atoms with van der Waals surface area (Å²) in [5.74, 6) is 0.623. The summed E-state index contributed by atoms with van der Waals surface area (Å²) >= 11 is 3.76. The summed E-state index contributed by atoms with van der Waals surface area (Å²) in [7, 11) is 0. The number of pyridine rings is 1. The maximum absolute atomic E-state index is 12.1. The molecule has 1 aromatic heterocycles. The normalized spacial score (nSPS) is 10.4. The molecule has 126 valence electrons. The highest BCUT2D eigenvalue weighted by Crippen LogP contribution is 2.25. The first kappa shape index (κ1) is 17.8. The zero-order valence-corrected chi connectivity index (χ0v) is 14.6. The number of ether oxygens (including phenoxy) is 2. The SMILES string of the molecule is Cc1cccc(Oc2cc(C(=O)NC(=N)S)cc(OC(C)C)n2)c1. The molecular weight excluding hydrogens is 326 g/mol. The fourth-order valence-corrected chi connectivity index (χ4v) is 2.05. The number of carbonyl (C=O) groups excluding carboxylic acids is 1. The molecule has 0 fully saturated rings. The van der Waals surface area contributed by atoms with Gasteiger partial charge in [-0.1, -0.05) is 12.1 Å². The number of aromatic nitrogens is 1. The molecule has 0 aliphatic heterocycles. The summed E-state index contributed by atoms with van der Waals surface area (Å²) in [6.45, 7) is 5.67. The third-order valence-corrected chi connectivity index (χ3v) is 2.95. The Morgan fingerprint density at radius 2 is 1.96 bits per heavy atom. The summed E-state index contributed by atoms with van der Waals surface area (Å²) in [4.78, 5) is 16.4. The van der Waals surface area contributed by atoms with E-state index in [9.17, 15) is 4.79 Å². The Labute approximate surface area is 146 Å². The van der Waals surface area contributed by atoms with E-state index in [2.05, 4.69) is 22.9 Å². The molecule has 0 radical (unpaired) electrons. The molecule has 0 aliphatic rings. The lowest BCUT2D eigenvalue weighted by Crippen LogP contribution is -2.26. The van der Waals surface area contributed by atoms with E-state index in [0.717, 1.165) is 5.56 Å². The first-order valence-electron chi connectivity index (χ1n) is 7.35. The van der Waals surface area contributed by atoms with Crippen molar-refractivity contribution in [2.45, 2.75) is 26.9 Å². The van der Waals surface area contributed by atoms with E-state index >= 15 is 0 Å². The zero-order valence-electron chi connectivity index (χ0n) is 13.7. The second-order valence-electron chi connectivity index (χ2n) is 5.42. The fourth-order valence-electron chi connectivity index (χ4n) is 1.95. The first-order valence-corrected chi connectivity index (χ1v) is 7.80. The van der Waals surface area contributed by atoms with E-state index in [1.807, 2.05) is 39.0 Å². The van der Waals surface area contributed by atoms with E-state index in [0.29, 0.717) is 5.75 Å². The Hall–Kier alpha value is -2.54. The predicted molar refractivity (Wildman–Crippen MR) is 95.4 cm³/mol. The van der Waals surface area contributed by atoms with Gasteiger partial charge < -0.3 is 14.8 Å². The van der Waals surface area contributed by atoms with Gasteiger partial charge in [0.2, 0.25) is 11.8 Å². The Morgan fingerprint density at radius 3 is 2.58 bits per heavy atom. The lowest BCUT2D eigenvalue weighted by molar-refractivity contribution is 0.0976. The summed E-state index contributed by atoms with van der Waals surface area (Å²) in [5.41, 5.74) is 1.31. The minimum atomic E-state index is -0.486. The number of amides is 1. The summed E-state index contributed by atoms with van der Waals surface area (Å²) < 4.78 is 11.3. The van der Waals surface area contributed by atoms with Crippen LogP contribution in [0.2, 0.25) is 0 Å². The second-order valence-corrected chi connectivity index (χ2v) is 5.87. The molecule has 0 atom stereocenters. The van der Waals surface area contributed by atoms with Crippen molar-refractivity contribution in [3.63, 3.8) is 0 Å². The van der Waals surface area contributed by atoms with Crippen LogP contribution in [0.5, 0.6) is 17.5 Å². The first-order chi connectivity index (χ1) is 11.3. The van der Waals surface area contributed by atoms with Crippen LogP contribution >= 0.6 is 12.6 Å². The second kappa shape index (κ2) is 7.83. The number of benzene rings is 1. The van der Waals surface area contributed by atoms with Gasteiger partial charge in [0.25, 0.3) is 5.91 Å². The fraction of sp³-hybridized carbons (Fsp3) is 0.235. The number of nitrogens with zero attached hydrogens (tertiary/aromatic N) is 1. The van der Waals surface area contributed by atoms with Crippen LogP contribution in [-0.4, -0.2) is 22.2 Å². The molecule has 0 spiro atoms. The van der Waals surface area contributed by atoms with Gasteiger partial charge >= 0.3 is 0 Å². The van der Waals surface area contributed by atoms with Crippen molar-refractivity contribution in [2.24, 2.45) is 0 Å². The van der Waals surface area contributed by atoms with Crippen LogP contribution in [0.4, 0.5) is 0 Å². The Balaban J connectivity index is 2.34. The molecule has 2 rings (SSSR count). The van der Waals surface area contributed by atoms with Crippen molar-refractivity contribution >= 4 is 23.7 Å². The monoisotopic (exact) mass is 345 g/mol. The smallest absolute Gasteiger partial charge is 0.257 e. The number of hydrogen-bond acceptors (Lipinski definition) is 5. The van der Waals surface area contributed by atoms with Crippen molar-refractivity contribution in [3.05, 3.63) is 47.5 Å². The standard InChI is InChI=1S/C17H19N3O3S/c1-10(2)22-14-8-12(16(21)20-17(18)24)9-15(19-14)23-13-6-4-5-11(3)7-13/h4-10H,1-3H3,(H3,18,20,21,24). The number of thiol groups is 1. The van der Waals surface area contributed by atoms with E-state index in [-0.39, 0.29) is 28.6 Å². The molecule has 0 saturated heterocycles. The minimum Gasteiger partial charge on any atom is -0.475 e. The summed E-state index contributed by atoms with van der Waals surface area (Å²) in [5, 5.41) is 9.32. The average Bonchev–Trinajstić information content (AvgIpc) is 2.45. The highest BCUT2D eigenvalue weighted by atomic mass is 32.1. The number of hydrogen-bond donors (Lipinski definition) is 3. The van der Waals surface area contributed by atoms with Crippen LogP contribution in [0.3, 0.4) is 0 Å². The van der Waals surface area contributed by atoms with E-state index < -0.39 is 5.91 Å². The van der Waals surface area contributed by atoms with Crippen LogP contribution in [0.1, 0.15) is 29.8 Å². The van der Waals surface area contributed by atoms with Crippen LogP contribution in [0.15, 0.2) is 36.4 Å². The highest BCUT2D eigenvalue weighted by molar-refractivity contribution is 7.96. The van der Waals surface area contributed by atoms with E-state index in [1.165, 1.54) is 12.1 Å². The zero-order chi connectivity index (χ0) is 17.7. The van der Waals surface area contributed by atoms with Gasteiger partial charge in [-0.3, -0.25) is 10.2 Å². The number of nitrogens with one attached hydrogen (secondary N) is 2. The highest BCUT2D eigenvalue weighted by Gasteiger charge is 2.13. The average molecular weight is 345 g/mol. The third kappa shape index (κ3) is 5.27. The van der Waals surface area contributed by atoms with Gasteiger partial charge in [-0.05, 0) is 38.5 Å². The van der Waals surface area contributed by atoms with Crippen molar-refractivity contribution < 1.29 is 14.3 Å². The molecule has 2 aromatic rings.